The number of thiophene rings is 1. The van der Waals surface area contributed by atoms with Gasteiger partial charge in [0, 0.05) is 20.5 Å². The van der Waals surface area contributed by atoms with Gasteiger partial charge in [0.25, 0.3) is 0 Å². The zero-order chi connectivity index (χ0) is 15.0. The van der Waals surface area contributed by atoms with Crippen LogP contribution < -0.4 is 0 Å². The number of benzene rings is 2. The fourth-order valence-corrected chi connectivity index (χ4v) is 3.38. The minimum Gasteiger partial charge on any atom is -0.298 e. The van der Waals surface area contributed by atoms with Gasteiger partial charge in [0.1, 0.15) is 0 Å². The van der Waals surface area contributed by atoms with E-state index in [-0.39, 0.29) is 0 Å². The maximum atomic E-state index is 12.6. The minimum absolute atomic E-state index is 0.523. The van der Waals surface area contributed by atoms with E-state index >= 15 is 0 Å². The molecule has 106 valence electrons. The van der Waals surface area contributed by atoms with E-state index in [1.165, 1.54) is 23.5 Å². The molecule has 0 fully saturated rings. The summed E-state index contributed by atoms with van der Waals surface area (Å²) in [5.74, 6) is 0. The highest BCUT2D eigenvalue weighted by atomic mass is 32.1. The van der Waals surface area contributed by atoms with Crippen LogP contribution in [0.5, 0.6) is 0 Å². The van der Waals surface area contributed by atoms with E-state index in [9.17, 15) is 18.0 Å². The van der Waals surface area contributed by atoms with Crippen LogP contribution >= 0.6 is 11.3 Å². The molecule has 0 unspecified atom stereocenters. The van der Waals surface area contributed by atoms with Crippen molar-refractivity contribution in [1.29, 1.82) is 0 Å². The Balaban J connectivity index is 2.14. The molecule has 0 radical (unpaired) electrons. The summed E-state index contributed by atoms with van der Waals surface area (Å²) in [7, 11) is 0. The van der Waals surface area contributed by atoms with Crippen molar-refractivity contribution in [2.45, 2.75) is 6.18 Å². The first-order valence-corrected chi connectivity index (χ1v) is 6.96. The average molecular weight is 306 g/mol. The monoisotopic (exact) mass is 306 g/mol. The van der Waals surface area contributed by atoms with E-state index < -0.39 is 11.7 Å². The highest BCUT2D eigenvalue weighted by Crippen LogP contribution is 2.38. The van der Waals surface area contributed by atoms with Gasteiger partial charge in [0.2, 0.25) is 0 Å². The van der Waals surface area contributed by atoms with E-state index in [4.69, 9.17) is 0 Å². The summed E-state index contributed by atoms with van der Waals surface area (Å²) in [5, 5.41) is 0.826. The Kier molecular flexibility index (Phi) is 3.29. The van der Waals surface area contributed by atoms with Gasteiger partial charge in [-0.1, -0.05) is 30.3 Å². The summed E-state index contributed by atoms with van der Waals surface area (Å²) in [6.45, 7) is 0. The first-order chi connectivity index (χ1) is 10.0. The highest BCUT2D eigenvalue weighted by Gasteiger charge is 2.30. The Hall–Kier alpha value is -2.14. The first-order valence-electron chi connectivity index (χ1n) is 6.15. The SMILES string of the molecule is O=Cc1c(-c2ccc(C(F)(F)F)cc2)sc2ccccc12. The molecule has 0 saturated heterocycles. The lowest BCUT2D eigenvalue weighted by atomic mass is 10.1. The lowest BCUT2D eigenvalue weighted by Crippen LogP contribution is -2.03. The van der Waals surface area contributed by atoms with Crippen LogP contribution in [0.15, 0.2) is 48.5 Å². The molecule has 3 rings (SSSR count). The van der Waals surface area contributed by atoms with Crippen molar-refractivity contribution in [2.75, 3.05) is 0 Å². The van der Waals surface area contributed by atoms with Crippen molar-refractivity contribution in [3.05, 3.63) is 59.7 Å². The number of halogens is 3. The van der Waals surface area contributed by atoms with Gasteiger partial charge in [0.15, 0.2) is 6.29 Å². The van der Waals surface area contributed by atoms with Crippen LogP contribution in [0.25, 0.3) is 20.5 Å². The third-order valence-corrected chi connectivity index (χ3v) is 4.46. The molecule has 5 heteroatoms. The van der Waals surface area contributed by atoms with Gasteiger partial charge in [-0.25, -0.2) is 0 Å². The molecule has 0 aliphatic rings. The van der Waals surface area contributed by atoms with Gasteiger partial charge < -0.3 is 0 Å². The lowest BCUT2D eigenvalue weighted by molar-refractivity contribution is -0.137. The second-order valence-corrected chi connectivity index (χ2v) is 5.59. The second-order valence-electron chi connectivity index (χ2n) is 4.53. The smallest absolute Gasteiger partial charge is 0.298 e. The Bertz CT molecular complexity index is 800. The third kappa shape index (κ3) is 2.45. The maximum absolute atomic E-state index is 12.6. The van der Waals surface area contributed by atoms with Crippen LogP contribution in [-0.4, -0.2) is 6.29 Å². The first kappa shape index (κ1) is 13.8. The predicted octanol–water partition coefficient (Wildman–Crippen LogP) is 5.40. The second kappa shape index (κ2) is 5.00. The van der Waals surface area contributed by atoms with Gasteiger partial charge in [0.05, 0.1) is 5.56 Å². The molecule has 0 amide bonds. The van der Waals surface area contributed by atoms with Crippen molar-refractivity contribution < 1.29 is 18.0 Å². The van der Waals surface area contributed by atoms with Crippen LogP contribution in [0.3, 0.4) is 0 Å². The number of fused-ring (bicyclic) bond motifs is 1. The fourth-order valence-electron chi connectivity index (χ4n) is 2.21. The zero-order valence-electron chi connectivity index (χ0n) is 10.6. The molecule has 1 nitrogen and oxygen atoms in total. The van der Waals surface area contributed by atoms with E-state index in [0.29, 0.717) is 16.0 Å². The van der Waals surface area contributed by atoms with Gasteiger partial charge in [-0.3, -0.25) is 4.79 Å². The summed E-state index contributed by atoms with van der Waals surface area (Å²) >= 11 is 1.40. The van der Waals surface area contributed by atoms with Gasteiger partial charge in [-0.05, 0) is 23.8 Å². The standard InChI is InChI=1S/C16H9F3OS/c17-16(18,19)11-7-5-10(6-8-11)15-13(9-20)12-3-1-2-4-14(12)21-15/h1-9H. The molecule has 0 aliphatic carbocycles. The molecule has 21 heavy (non-hydrogen) atoms. The summed E-state index contributed by atoms with van der Waals surface area (Å²) in [5.41, 5.74) is 0.446. The molecule has 3 aromatic rings. The van der Waals surface area contributed by atoms with Crippen LogP contribution in [-0.2, 0) is 6.18 Å². The third-order valence-electron chi connectivity index (χ3n) is 3.23. The van der Waals surface area contributed by atoms with Crippen molar-refractivity contribution in [3.63, 3.8) is 0 Å². The summed E-state index contributed by atoms with van der Waals surface area (Å²) in [4.78, 5) is 12.0. The van der Waals surface area contributed by atoms with Gasteiger partial charge in [-0.2, -0.15) is 13.2 Å². The molecule has 0 N–H and O–H groups in total. The largest absolute Gasteiger partial charge is 0.416 e. The molecular formula is C16H9F3OS. The van der Waals surface area contributed by atoms with Crippen LogP contribution in [0.1, 0.15) is 15.9 Å². The van der Waals surface area contributed by atoms with Crippen molar-refractivity contribution in [2.24, 2.45) is 0 Å². The van der Waals surface area contributed by atoms with E-state index in [1.807, 2.05) is 24.3 Å². The quantitative estimate of drug-likeness (QED) is 0.579. The maximum Gasteiger partial charge on any atom is 0.416 e. The number of carbonyl (C=O) groups excluding carboxylic acids is 1. The molecule has 0 bridgehead atoms. The average Bonchev–Trinajstić information content (AvgIpc) is 2.85. The molecule has 0 atom stereocenters. The molecule has 0 spiro atoms. The molecule has 0 aliphatic heterocycles. The van der Waals surface area contributed by atoms with Gasteiger partial charge >= 0.3 is 6.18 Å². The molecule has 1 aromatic heterocycles. The van der Waals surface area contributed by atoms with E-state index in [2.05, 4.69) is 0 Å². The number of carbonyl (C=O) groups is 1. The molecular weight excluding hydrogens is 297 g/mol. The summed E-state index contributed by atoms with van der Waals surface area (Å²) in [6.07, 6.45) is -3.60. The lowest BCUT2D eigenvalue weighted by Gasteiger charge is -2.07. The summed E-state index contributed by atoms with van der Waals surface area (Å²) < 4.78 is 38.7. The number of rotatable bonds is 2. The minimum atomic E-state index is -4.35. The van der Waals surface area contributed by atoms with Crippen LogP contribution in [0, 0.1) is 0 Å². The Morgan fingerprint density at radius 3 is 2.24 bits per heavy atom. The van der Waals surface area contributed by atoms with E-state index in [0.717, 1.165) is 28.5 Å². The Morgan fingerprint density at radius 1 is 0.952 bits per heavy atom. The van der Waals surface area contributed by atoms with Crippen LogP contribution in [0.4, 0.5) is 13.2 Å². The summed E-state index contributed by atoms with van der Waals surface area (Å²) in [6, 6.07) is 12.3. The normalized spacial score (nSPS) is 11.8. The van der Waals surface area contributed by atoms with Crippen LogP contribution in [0.2, 0.25) is 0 Å². The number of hydrogen-bond acceptors (Lipinski definition) is 2. The fraction of sp³-hybridized carbons (Fsp3) is 0.0625. The van der Waals surface area contributed by atoms with Crippen molar-refractivity contribution in [3.8, 4) is 10.4 Å². The van der Waals surface area contributed by atoms with Gasteiger partial charge in [-0.15, -0.1) is 11.3 Å². The molecule has 0 saturated carbocycles. The highest BCUT2D eigenvalue weighted by molar-refractivity contribution is 7.22. The molecule has 1 heterocycles. The Morgan fingerprint density at radius 2 is 1.62 bits per heavy atom. The number of alkyl halides is 3. The van der Waals surface area contributed by atoms with Crippen molar-refractivity contribution in [1.82, 2.24) is 0 Å². The number of hydrogen-bond donors (Lipinski definition) is 0. The zero-order valence-corrected chi connectivity index (χ0v) is 11.5. The Labute approximate surface area is 122 Å². The number of aldehydes is 1. The topological polar surface area (TPSA) is 17.1 Å². The van der Waals surface area contributed by atoms with Crippen molar-refractivity contribution >= 4 is 27.7 Å². The predicted molar refractivity (Wildman–Crippen MR) is 77.7 cm³/mol. The van der Waals surface area contributed by atoms with E-state index in [1.54, 1.807) is 0 Å². The molecule has 2 aromatic carbocycles.